The second-order valence-electron chi connectivity index (χ2n) is 4.38. The molecule has 0 saturated heterocycles. The fraction of sp³-hybridized carbons (Fsp3) is 0.0667. The number of halogens is 2. The highest BCUT2D eigenvalue weighted by atomic mass is 35.5. The van der Waals surface area contributed by atoms with E-state index in [4.69, 9.17) is 27.6 Å². The van der Waals surface area contributed by atoms with Gasteiger partial charge in [0.1, 0.15) is 5.52 Å². The van der Waals surface area contributed by atoms with E-state index in [9.17, 15) is 4.79 Å². The highest BCUT2D eigenvalue weighted by molar-refractivity contribution is 6.44. The van der Waals surface area contributed by atoms with E-state index in [-0.39, 0.29) is 16.6 Å². The van der Waals surface area contributed by atoms with E-state index in [0.29, 0.717) is 21.7 Å². The summed E-state index contributed by atoms with van der Waals surface area (Å²) in [5, 5.41) is 0.561. The number of hydrogen-bond acceptors (Lipinski definition) is 3. The van der Waals surface area contributed by atoms with Gasteiger partial charge in [-0.05, 0) is 31.2 Å². The Kier molecular flexibility index (Phi) is 3.24. The van der Waals surface area contributed by atoms with Crippen LogP contribution in [0.2, 0.25) is 10.0 Å². The molecule has 3 nitrogen and oxygen atoms in total. The number of hydrogen-bond donors (Lipinski definition) is 0. The number of pyridine rings is 1. The van der Waals surface area contributed by atoms with Gasteiger partial charge in [0.2, 0.25) is 5.78 Å². The third-order valence-electron chi connectivity index (χ3n) is 2.93. The van der Waals surface area contributed by atoms with Crippen LogP contribution in [0.15, 0.2) is 40.8 Å². The molecule has 0 saturated carbocycles. The Labute approximate surface area is 125 Å². The highest BCUT2D eigenvalue weighted by Gasteiger charge is 2.19. The second-order valence-corrected chi connectivity index (χ2v) is 5.16. The Morgan fingerprint density at radius 1 is 1.20 bits per heavy atom. The summed E-state index contributed by atoms with van der Waals surface area (Å²) in [6.45, 7) is 1.88. The van der Waals surface area contributed by atoms with Crippen LogP contribution in [0.3, 0.4) is 0 Å². The molecular weight excluding hydrogens is 297 g/mol. The van der Waals surface area contributed by atoms with Crippen LogP contribution in [0, 0.1) is 6.92 Å². The summed E-state index contributed by atoms with van der Waals surface area (Å²) < 4.78 is 5.52. The van der Waals surface area contributed by atoms with Crippen molar-refractivity contribution in [3.8, 4) is 0 Å². The van der Waals surface area contributed by atoms with Crippen LogP contribution in [0.4, 0.5) is 0 Å². The maximum absolute atomic E-state index is 12.4. The van der Waals surface area contributed by atoms with E-state index in [1.54, 1.807) is 30.3 Å². The van der Waals surface area contributed by atoms with Crippen molar-refractivity contribution in [3.63, 3.8) is 0 Å². The third-order valence-corrected chi connectivity index (χ3v) is 3.75. The van der Waals surface area contributed by atoms with Crippen molar-refractivity contribution in [2.75, 3.05) is 0 Å². The van der Waals surface area contributed by atoms with Gasteiger partial charge in [-0.3, -0.25) is 4.79 Å². The molecule has 0 radical (unpaired) electrons. The second kappa shape index (κ2) is 4.93. The molecule has 0 aliphatic rings. The standard InChI is InChI=1S/C15H9Cl2NO2/c1-8-5-6-12-11(18-8)7-13(20-12)15(19)9-3-2-4-10(16)14(9)17/h2-7H,1H3. The highest BCUT2D eigenvalue weighted by Crippen LogP contribution is 2.28. The molecule has 0 N–H and O–H groups in total. The van der Waals surface area contributed by atoms with E-state index in [0.717, 1.165) is 5.69 Å². The Morgan fingerprint density at radius 3 is 2.80 bits per heavy atom. The molecule has 100 valence electrons. The van der Waals surface area contributed by atoms with E-state index in [1.165, 1.54) is 0 Å². The van der Waals surface area contributed by atoms with E-state index < -0.39 is 0 Å². The molecular formula is C15H9Cl2NO2. The summed E-state index contributed by atoms with van der Waals surface area (Å²) in [6, 6.07) is 10.1. The lowest BCUT2D eigenvalue weighted by Gasteiger charge is -2.02. The number of aryl methyl sites for hydroxylation is 1. The molecule has 3 rings (SSSR count). The van der Waals surface area contributed by atoms with Crippen molar-refractivity contribution in [1.82, 2.24) is 4.98 Å². The minimum absolute atomic E-state index is 0.197. The Balaban J connectivity index is 2.10. The fourth-order valence-electron chi connectivity index (χ4n) is 1.95. The van der Waals surface area contributed by atoms with Crippen molar-refractivity contribution in [2.24, 2.45) is 0 Å². The topological polar surface area (TPSA) is 43.1 Å². The lowest BCUT2D eigenvalue weighted by atomic mass is 10.1. The summed E-state index contributed by atoms with van der Waals surface area (Å²) in [4.78, 5) is 16.7. The monoisotopic (exact) mass is 305 g/mol. The Morgan fingerprint density at radius 2 is 2.00 bits per heavy atom. The van der Waals surface area contributed by atoms with Gasteiger partial charge in [-0.1, -0.05) is 29.3 Å². The van der Waals surface area contributed by atoms with E-state index in [2.05, 4.69) is 4.98 Å². The third kappa shape index (κ3) is 2.19. The van der Waals surface area contributed by atoms with Crippen LogP contribution in [0.1, 0.15) is 21.8 Å². The van der Waals surface area contributed by atoms with Crippen molar-refractivity contribution >= 4 is 40.1 Å². The number of carbonyl (C=O) groups excluding carboxylic acids is 1. The van der Waals surface area contributed by atoms with Crippen molar-refractivity contribution < 1.29 is 9.21 Å². The zero-order valence-corrected chi connectivity index (χ0v) is 12.0. The van der Waals surface area contributed by atoms with Gasteiger partial charge in [-0.15, -0.1) is 0 Å². The molecule has 3 aromatic rings. The number of ketones is 1. The molecule has 0 fully saturated rings. The number of rotatable bonds is 2. The maximum Gasteiger partial charge on any atom is 0.229 e. The number of benzene rings is 1. The fourth-order valence-corrected chi connectivity index (χ4v) is 2.34. The van der Waals surface area contributed by atoms with Gasteiger partial charge in [0, 0.05) is 17.3 Å². The number of aromatic nitrogens is 1. The molecule has 0 aliphatic heterocycles. The van der Waals surface area contributed by atoms with E-state index in [1.807, 2.05) is 13.0 Å². The summed E-state index contributed by atoms with van der Waals surface area (Å²) in [7, 11) is 0. The smallest absolute Gasteiger partial charge is 0.229 e. The number of nitrogens with zero attached hydrogens (tertiary/aromatic N) is 1. The molecule has 0 unspecified atom stereocenters. The molecule has 5 heteroatoms. The lowest BCUT2D eigenvalue weighted by molar-refractivity contribution is 0.101. The SMILES string of the molecule is Cc1ccc2oc(C(=O)c3cccc(Cl)c3Cl)cc2n1. The molecule has 2 heterocycles. The van der Waals surface area contributed by atoms with E-state index >= 15 is 0 Å². The Hall–Kier alpha value is -1.84. The predicted molar refractivity (Wildman–Crippen MR) is 78.6 cm³/mol. The first-order chi connectivity index (χ1) is 9.56. The van der Waals surface area contributed by atoms with Crippen molar-refractivity contribution in [2.45, 2.75) is 6.92 Å². The van der Waals surface area contributed by atoms with Crippen LogP contribution < -0.4 is 0 Å². The zero-order chi connectivity index (χ0) is 14.3. The van der Waals surface area contributed by atoms with Crippen LogP contribution in [0.5, 0.6) is 0 Å². The van der Waals surface area contributed by atoms with Crippen LogP contribution in [0.25, 0.3) is 11.1 Å². The molecule has 0 aliphatic carbocycles. The first-order valence-electron chi connectivity index (χ1n) is 5.92. The van der Waals surface area contributed by atoms with Gasteiger partial charge >= 0.3 is 0 Å². The predicted octanol–water partition coefficient (Wildman–Crippen LogP) is 4.67. The summed E-state index contributed by atoms with van der Waals surface area (Å²) >= 11 is 12.0. The van der Waals surface area contributed by atoms with Crippen molar-refractivity contribution in [3.05, 3.63) is 63.5 Å². The first-order valence-corrected chi connectivity index (χ1v) is 6.68. The summed E-state index contributed by atoms with van der Waals surface area (Å²) in [5.74, 6) is -0.115. The average molecular weight is 306 g/mol. The number of carbonyl (C=O) groups is 1. The molecule has 20 heavy (non-hydrogen) atoms. The first kappa shape index (κ1) is 13.2. The molecule has 0 atom stereocenters. The van der Waals surface area contributed by atoms with Crippen LogP contribution >= 0.6 is 23.2 Å². The maximum atomic E-state index is 12.4. The van der Waals surface area contributed by atoms with Gasteiger partial charge in [-0.2, -0.15) is 0 Å². The molecule has 0 spiro atoms. The summed E-state index contributed by atoms with van der Waals surface area (Å²) in [5.41, 5.74) is 2.39. The average Bonchev–Trinajstić information content (AvgIpc) is 2.84. The van der Waals surface area contributed by atoms with Gasteiger partial charge in [-0.25, -0.2) is 4.98 Å². The summed E-state index contributed by atoms with van der Waals surface area (Å²) in [6.07, 6.45) is 0. The molecule has 1 aromatic carbocycles. The van der Waals surface area contributed by atoms with Gasteiger partial charge in [0.25, 0.3) is 0 Å². The van der Waals surface area contributed by atoms with Crippen LogP contribution in [-0.2, 0) is 0 Å². The Bertz CT molecular complexity index is 824. The largest absolute Gasteiger partial charge is 0.451 e. The quantitative estimate of drug-likeness (QED) is 0.646. The normalized spacial score (nSPS) is 10.9. The van der Waals surface area contributed by atoms with Gasteiger partial charge in [0.05, 0.1) is 10.0 Å². The number of fused-ring (bicyclic) bond motifs is 1. The van der Waals surface area contributed by atoms with Crippen molar-refractivity contribution in [1.29, 1.82) is 0 Å². The zero-order valence-electron chi connectivity index (χ0n) is 10.5. The van der Waals surface area contributed by atoms with Crippen LogP contribution in [-0.4, -0.2) is 10.8 Å². The number of furan rings is 1. The lowest BCUT2D eigenvalue weighted by Crippen LogP contribution is -2.00. The van der Waals surface area contributed by atoms with Gasteiger partial charge in [0.15, 0.2) is 11.3 Å². The minimum atomic E-state index is -0.312. The molecule has 2 aromatic heterocycles. The van der Waals surface area contributed by atoms with Gasteiger partial charge < -0.3 is 4.42 Å². The molecule has 0 amide bonds. The minimum Gasteiger partial charge on any atom is -0.451 e. The molecule has 0 bridgehead atoms.